The predicted molar refractivity (Wildman–Crippen MR) is 110 cm³/mol. The fraction of sp³-hybridized carbons (Fsp3) is 0.111. The fourth-order valence-corrected chi connectivity index (χ4v) is 3.75. The highest BCUT2D eigenvalue weighted by Crippen LogP contribution is 2.35. The van der Waals surface area contributed by atoms with Crippen molar-refractivity contribution >= 4 is 33.4 Å². The zero-order chi connectivity index (χ0) is 20.4. The summed E-state index contributed by atoms with van der Waals surface area (Å²) in [6.07, 6.45) is 0. The van der Waals surface area contributed by atoms with Gasteiger partial charge in [-0.25, -0.2) is 4.98 Å². The first-order chi connectivity index (χ1) is 14.0. The summed E-state index contributed by atoms with van der Waals surface area (Å²) in [5.41, 5.74) is 1.53. The highest BCUT2D eigenvalue weighted by Gasteiger charge is 2.19. The van der Waals surface area contributed by atoms with E-state index in [2.05, 4.69) is 41.3 Å². The molecule has 0 aliphatic carbocycles. The van der Waals surface area contributed by atoms with Gasteiger partial charge in [-0.15, -0.1) is 15.3 Å². The minimum absolute atomic E-state index is 0.00266. The van der Waals surface area contributed by atoms with Crippen LogP contribution in [0.2, 0.25) is 0 Å². The standard InChI is InChI=1S/C18H13BrN6O3S/c1-10(29-18-20-15(21-24-18)13-4-2-3-5-14(13)19)16-22-23-17(28-16)11-6-8-12(9-7-11)25(26)27/h2-10H,1H3,(H,20,21,24). The molecule has 0 saturated carbocycles. The third kappa shape index (κ3) is 4.20. The van der Waals surface area contributed by atoms with Gasteiger partial charge < -0.3 is 4.42 Å². The molecule has 0 aliphatic rings. The minimum atomic E-state index is -0.457. The van der Waals surface area contributed by atoms with E-state index in [0.29, 0.717) is 28.3 Å². The van der Waals surface area contributed by atoms with Gasteiger partial charge in [0.25, 0.3) is 5.69 Å². The average molecular weight is 473 g/mol. The molecular weight excluding hydrogens is 460 g/mol. The first-order valence-corrected chi connectivity index (χ1v) is 10.1. The van der Waals surface area contributed by atoms with Crippen LogP contribution in [0, 0.1) is 10.1 Å². The van der Waals surface area contributed by atoms with Gasteiger partial charge in [-0.3, -0.25) is 15.2 Å². The maximum atomic E-state index is 10.8. The molecule has 0 saturated heterocycles. The van der Waals surface area contributed by atoms with E-state index < -0.39 is 4.92 Å². The molecule has 11 heteroatoms. The molecule has 2 heterocycles. The number of hydrogen-bond donors (Lipinski definition) is 1. The Bertz CT molecular complexity index is 1160. The van der Waals surface area contributed by atoms with E-state index in [1.807, 2.05) is 31.2 Å². The third-order valence-corrected chi connectivity index (χ3v) is 5.63. The summed E-state index contributed by atoms with van der Waals surface area (Å²) in [4.78, 5) is 14.8. The Balaban J connectivity index is 1.48. The zero-order valence-electron chi connectivity index (χ0n) is 14.9. The molecule has 1 N–H and O–H groups in total. The van der Waals surface area contributed by atoms with Crippen LogP contribution in [0.4, 0.5) is 5.69 Å². The van der Waals surface area contributed by atoms with Crippen LogP contribution in [0.3, 0.4) is 0 Å². The molecule has 146 valence electrons. The summed E-state index contributed by atoms with van der Waals surface area (Å²) in [5.74, 6) is 1.37. The number of aromatic nitrogens is 5. The molecule has 4 aromatic rings. The highest BCUT2D eigenvalue weighted by molar-refractivity contribution is 9.10. The smallest absolute Gasteiger partial charge is 0.269 e. The molecule has 0 radical (unpaired) electrons. The molecule has 1 atom stereocenters. The van der Waals surface area contributed by atoms with Gasteiger partial charge >= 0.3 is 0 Å². The minimum Gasteiger partial charge on any atom is -0.419 e. The van der Waals surface area contributed by atoms with E-state index in [-0.39, 0.29) is 10.9 Å². The maximum Gasteiger partial charge on any atom is 0.269 e. The lowest BCUT2D eigenvalue weighted by Gasteiger charge is -2.02. The number of H-pyrrole nitrogens is 1. The van der Waals surface area contributed by atoms with Crippen LogP contribution in [0.1, 0.15) is 18.1 Å². The van der Waals surface area contributed by atoms with E-state index in [9.17, 15) is 10.1 Å². The number of hydrogen-bond acceptors (Lipinski definition) is 8. The number of thioether (sulfide) groups is 1. The molecule has 29 heavy (non-hydrogen) atoms. The molecule has 0 aliphatic heterocycles. The van der Waals surface area contributed by atoms with Gasteiger partial charge in [0.2, 0.25) is 16.9 Å². The summed E-state index contributed by atoms with van der Waals surface area (Å²) in [6, 6.07) is 13.7. The van der Waals surface area contributed by atoms with Gasteiger partial charge in [0.15, 0.2) is 5.82 Å². The van der Waals surface area contributed by atoms with Crippen molar-refractivity contribution in [2.75, 3.05) is 0 Å². The number of nitro groups is 1. The average Bonchev–Trinajstić information content (AvgIpc) is 3.38. The Kier molecular flexibility index (Phi) is 5.41. The summed E-state index contributed by atoms with van der Waals surface area (Å²) in [7, 11) is 0. The lowest BCUT2D eigenvalue weighted by molar-refractivity contribution is -0.384. The quantitative estimate of drug-likeness (QED) is 0.235. The van der Waals surface area contributed by atoms with Gasteiger partial charge in [-0.2, -0.15) is 0 Å². The molecule has 4 rings (SSSR count). The summed E-state index contributed by atoms with van der Waals surface area (Å²) in [5, 5.41) is 26.4. The second kappa shape index (κ2) is 8.13. The first kappa shape index (κ1) is 19.3. The van der Waals surface area contributed by atoms with Gasteiger partial charge in [0.05, 0.1) is 10.2 Å². The van der Waals surface area contributed by atoms with Crippen molar-refractivity contribution in [2.45, 2.75) is 17.3 Å². The van der Waals surface area contributed by atoms with Crippen LogP contribution in [0.25, 0.3) is 22.8 Å². The van der Waals surface area contributed by atoms with E-state index in [1.54, 1.807) is 12.1 Å². The van der Waals surface area contributed by atoms with Crippen molar-refractivity contribution < 1.29 is 9.34 Å². The Morgan fingerprint density at radius 2 is 1.93 bits per heavy atom. The van der Waals surface area contributed by atoms with Crippen LogP contribution in [-0.4, -0.2) is 30.3 Å². The molecule has 9 nitrogen and oxygen atoms in total. The lowest BCUT2D eigenvalue weighted by Crippen LogP contribution is -1.89. The van der Waals surface area contributed by atoms with Crippen LogP contribution in [-0.2, 0) is 0 Å². The molecule has 0 amide bonds. The van der Waals surface area contributed by atoms with Crippen LogP contribution < -0.4 is 0 Å². The molecule has 2 aromatic carbocycles. The van der Waals surface area contributed by atoms with Gasteiger partial charge in [0.1, 0.15) is 0 Å². The van der Waals surface area contributed by atoms with Crippen molar-refractivity contribution in [2.24, 2.45) is 0 Å². The number of rotatable bonds is 6. The monoisotopic (exact) mass is 472 g/mol. The van der Waals surface area contributed by atoms with Crippen LogP contribution >= 0.6 is 27.7 Å². The Hall–Kier alpha value is -3.05. The molecule has 0 spiro atoms. The summed E-state index contributed by atoms with van der Waals surface area (Å²) >= 11 is 4.88. The topological polar surface area (TPSA) is 124 Å². The van der Waals surface area contributed by atoms with Crippen LogP contribution in [0.5, 0.6) is 0 Å². The maximum absolute atomic E-state index is 10.8. The number of aromatic amines is 1. The predicted octanol–water partition coefficient (Wildman–Crippen LogP) is 5.05. The van der Waals surface area contributed by atoms with Gasteiger partial charge in [-0.1, -0.05) is 45.9 Å². The molecule has 0 bridgehead atoms. The molecule has 1 unspecified atom stereocenters. The second-order valence-electron chi connectivity index (χ2n) is 5.96. The number of nitrogens with one attached hydrogen (secondary N) is 1. The Labute approximate surface area is 177 Å². The Morgan fingerprint density at radius 3 is 2.66 bits per heavy atom. The summed E-state index contributed by atoms with van der Waals surface area (Å²) in [6.45, 7) is 1.91. The number of benzene rings is 2. The van der Waals surface area contributed by atoms with Crippen molar-refractivity contribution in [3.8, 4) is 22.8 Å². The molecule has 2 aromatic heterocycles. The number of nitrogens with zero attached hydrogens (tertiary/aromatic N) is 5. The number of non-ortho nitro benzene ring substituents is 1. The second-order valence-corrected chi connectivity index (χ2v) is 8.12. The van der Waals surface area contributed by atoms with E-state index in [0.717, 1.165) is 10.0 Å². The lowest BCUT2D eigenvalue weighted by atomic mass is 10.2. The van der Waals surface area contributed by atoms with Crippen molar-refractivity contribution in [1.82, 2.24) is 25.4 Å². The SMILES string of the molecule is CC(Sc1n[nH]c(-c2ccccc2Br)n1)c1nnc(-c2ccc([N+](=O)[O-])cc2)o1. The highest BCUT2D eigenvalue weighted by atomic mass is 79.9. The van der Waals surface area contributed by atoms with E-state index in [1.165, 1.54) is 23.9 Å². The van der Waals surface area contributed by atoms with Crippen molar-refractivity contribution in [3.63, 3.8) is 0 Å². The van der Waals surface area contributed by atoms with Crippen molar-refractivity contribution in [1.29, 1.82) is 0 Å². The normalized spacial score (nSPS) is 12.1. The number of halogens is 1. The van der Waals surface area contributed by atoms with E-state index >= 15 is 0 Å². The molecule has 0 fully saturated rings. The third-order valence-electron chi connectivity index (χ3n) is 3.99. The van der Waals surface area contributed by atoms with Gasteiger partial charge in [-0.05, 0) is 25.1 Å². The zero-order valence-corrected chi connectivity index (χ0v) is 17.3. The Morgan fingerprint density at radius 1 is 1.17 bits per heavy atom. The van der Waals surface area contributed by atoms with E-state index in [4.69, 9.17) is 4.42 Å². The van der Waals surface area contributed by atoms with Gasteiger partial charge in [0, 0.05) is 27.7 Å². The fourth-order valence-electron chi connectivity index (χ4n) is 2.52. The van der Waals surface area contributed by atoms with Crippen molar-refractivity contribution in [3.05, 3.63) is 69.0 Å². The summed E-state index contributed by atoms with van der Waals surface area (Å²) < 4.78 is 6.65. The van der Waals surface area contributed by atoms with Crippen LogP contribution in [0.15, 0.2) is 62.6 Å². The first-order valence-electron chi connectivity index (χ1n) is 8.43. The largest absolute Gasteiger partial charge is 0.419 e. The molecular formula is C18H13BrN6O3S. The number of nitro benzene ring substituents is 1.